The van der Waals surface area contributed by atoms with Gasteiger partial charge < -0.3 is 10.0 Å². The number of sulfonamides is 1. The van der Waals surface area contributed by atoms with Crippen LogP contribution in [-0.4, -0.2) is 49.6 Å². The van der Waals surface area contributed by atoms with E-state index in [4.69, 9.17) is 5.11 Å². The Hall–Kier alpha value is -2.09. The van der Waals surface area contributed by atoms with Crippen LogP contribution in [0.25, 0.3) is 0 Å². The SMILES string of the molecule is Cc1ccc(C(=O)N2CCC(CC(=O)O)CC2)cc1NS(C)(=O)=O. The summed E-state index contributed by atoms with van der Waals surface area (Å²) in [5, 5.41) is 8.83. The van der Waals surface area contributed by atoms with Crippen LogP contribution < -0.4 is 4.72 Å². The fraction of sp³-hybridized carbons (Fsp3) is 0.500. The zero-order valence-corrected chi connectivity index (χ0v) is 14.6. The van der Waals surface area contributed by atoms with E-state index in [1.165, 1.54) is 0 Å². The molecule has 7 nitrogen and oxygen atoms in total. The molecule has 1 amide bonds. The van der Waals surface area contributed by atoms with E-state index in [0.717, 1.165) is 11.8 Å². The Morgan fingerprint density at radius 1 is 1.29 bits per heavy atom. The number of piperidine rings is 1. The minimum absolute atomic E-state index is 0.104. The van der Waals surface area contributed by atoms with Gasteiger partial charge in [-0.25, -0.2) is 8.42 Å². The van der Waals surface area contributed by atoms with Crippen LogP contribution in [0.5, 0.6) is 0 Å². The number of nitrogens with one attached hydrogen (secondary N) is 1. The van der Waals surface area contributed by atoms with Crippen LogP contribution in [-0.2, 0) is 14.8 Å². The van der Waals surface area contributed by atoms with E-state index in [-0.39, 0.29) is 18.2 Å². The molecule has 0 aliphatic carbocycles. The first-order valence-corrected chi connectivity index (χ1v) is 9.64. The van der Waals surface area contributed by atoms with E-state index < -0.39 is 16.0 Å². The minimum atomic E-state index is -3.42. The molecule has 0 aromatic heterocycles. The summed E-state index contributed by atoms with van der Waals surface area (Å²) in [6.45, 7) is 2.79. The largest absolute Gasteiger partial charge is 0.481 e. The summed E-state index contributed by atoms with van der Waals surface area (Å²) in [6.07, 6.45) is 2.53. The standard InChI is InChI=1S/C16H22N2O5S/c1-11-3-4-13(10-14(11)17-24(2,22)23)16(21)18-7-5-12(6-8-18)9-15(19)20/h3-4,10,12,17H,5-9H2,1-2H3,(H,19,20). The Labute approximate surface area is 141 Å². The summed E-state index contributed by atoms with van der Waals surface area (Å²) in [4.78, 5) is 25.0. The molecule has 0 saturated carbocycles. The smallest absolute Gasteiger partial charge is 0.303 e. The second kappa shape index (κ2) is 7.21. The van der Waals surface area contributed by atoms with Gasteiger partial charge in [0.25, 0.3) is 5.91 Å². The Morgan fingerprint density at radius 3 is 2.46 bits per heavy atom. The monoisotopic (exact) mass is 354 g/mol. The molecule has 1 aliphatic rings. The number of carboxylic acid groups (broad SMARTS) is 1. The van der Waals surface area contributed by atoms with Crippen LogP contribution >= 0.6 is 0 Å². The third-order valence-electron chi connectivity index (χ3n) is 4.14. The number of anilines is 1. The third-order valence-corrected chi connectivity index (χ3v) is 4.74. The minimum Gasteiger partial charge on any atom is -0.481 e. The highest BCUT2D eigenvalue weighted by Gasteiger charge is 2.25. The fourth-order valence-electron chi connectivity index (χ4n) is 2.83. The van der Waals surface area contributed by atoms with Gasteiger partial charge in [0, 0.05) is 25.1 Å². The van der Waals surface area contributed by atoms with Crippen molar-refractivity contribution < 1.29 is 23.1 Å². The molecule has 0 unspecified atom stereocenters. The van der Waals surface area contributed by atoms with Crippen molar-refractivity contribution >= 4 is 27.6 Å². The number of aryl methyl sites for hydroxylation is 1. The molecule has 1 aliphatic heterocycles. The normalized spacial score (nSPS) is 16.0. The molecule has 24 heavy (non-hydrogen) atoms. The Morgan fingerprint density at radius 2 is 1.92 bits per heavy atom. The van der Waals surface area contributed by atoms with E-state index in [1.54, 1.807) is 30.0 Å². The van der Waals surface area contributed by atoms with E-state index in [9.17, 15) is 18.0 Å². The Bertz CT molecular complexity index is 737. The van der Waals surface area contributed by atoms with E-state index in [2.05, 4.69) is 4.72 Å². The number of benzene rings is 1. The number of hydrogen-bond donors (Lipinski definition) is 2. The molecule has 2 N–H and O–H groups in total. The number of hydrogen-bond acceptors (Lipinski definition) is 4. The first kappa shape index (κ1) is 18.3. The van der Waals surface area contributed by atoms with Gasteiger partial charge in [-0.3, -0.25) is 14.3 Å². The van der Waals surface area contributed by atoms with Crippen LogP contribution in [0.1, 0.15) is 35.2 Å². The summed E-state index contributed by atoms with van der Waals surface area (Å²) >= 11 is 0. The highest BCUT2D eigenvalue weighted by Crippen LogP contribution is 2.24. The Kier molecular flexibility index (Phi) is 5.48. The molecule has 0 atom stereocenters. The van der Waals surface area contributed by atoms with Crippen LogP contribution in [0.15, 0.2) is 18.2 Å². The van der Waals surface area contributed by atoms with Gasteiger partial charge >= 0.3 is 5.97 Å². The lowest BCUT2D eigenvalue weighted by molar-refractivity contribution is -0.138. The summed E-state index contributed by atoms with van der Waals surface area (Å²) < 4.78 is 25.2. The molecule has 0 radical (unpaired) electrons. The van der Waals surface area contributed by atoms with Gasteiger partial charge in [0.1, 0.15) is 0 Å². The number of carbonyl (C=O) groups excluding carboxylic acids is 1. The Balaban J connectivity index is 2.08. The summed E-state index contributed by atoms with van der Waals surface area (Å²) in [6, 6.07) is 4.93. The summed E-state index contributed by atoms with van der Waals surface area (Å²) in [5.41, 5.74) is 1.55. The van der Waals surface area contributed by atoms with Crippen LogP contribution in [0.2, 0.25) is 0 Å². The topological polar surface area (TPSA) is 104 Å². The molecular weight excluding hydrogens is 332 g/mol. The number of carbonyl (C=O) groups is 2. The first-order valence-electron chi connectivity index (χ1n) is 7.75. The second-order valence-corrected chi connectivity index (χ2v) is 7.99. The molecule has 1 heterocycles. The van der Waals surface area contributed by atoms with Gasteiger partial charge in [-0.05, 0) is 43.4 Å². The molecular formula is C16H22N2O5S. The molecule has 1 aromatic carbocycles. The van der Waals surface area contributed by atoms with Crippen molar-refractivity contribution in [1.29, 1.82) is 0 Å². The van der Waals surface area contributed by atoms with Crippen LogP contribution in [0.3, 0.4) is 0 Å². The zero-order chi connectivity index (χ0) is 17.9. The van der Waals surface area contributed by atoms with Gasteiger partial charge in [-0.1, -0.05) is 6.07 Å². The number of rotatable bonds is 5. The van der Waals surface area contributed by atoms with Crippen LogP contribution in [0.4, 0.5) is 5.69 Å². The van der Waals surface area contributed by atoms with Crippen molar-refractivity contribution in [3.05, 3.63) is 29.3 Å². The summed E-state index contributed by atoms with van der Waals surface area (Å²) in [5.74, 6) is -0.873. The van der Waals surface area contributed by atoms with Gasteiger partial charge in [-0.15, -0.1) is 0 Å². The molecule has 1 fully saturated rings. The van der Waals surface area contributed by atoms with E-state index in [0.29, 0.717) is 37.2 Å². The van der Waals surface area contributed by atoms with Crippen molar-refractivity contribution in [3.63, 3.8) is 0 Å². The van der Waals surface area contributed by atoms with Crippen molar-refractivity contribution in [3.8, 4) is 0 Å². The quantitative estimate of drug-likeness (QED) is 0.837. The molecule has 0 spiro atoms. The summed E-state index contributed by atoms with van der Waals surface area (Å²) in [7, 11) is -3.42. The van der Waals surface area contributed by atoms with Crippen LogP contribution in [0, 0.1) is 12.8 Å². The van der Waals surface area contributed by atoms with Crippen molar-refractivity contribution in [2.45, 2.75) is 26.2 Å². The predicted molar refractivity (Wildman–Crippen MR) is 90.5 cm³/mol. The second-order valence-electron chi connectivity index (χ2n) is 6.24. The fourth-order valence-corrected chi connectivity index (χ4v) is 3.45. The average molecular weight is 354 g/mol. The maximum absolute atomic E-state index is 12.6. The number of aliphatic carboxylic acids is 1. The average Bonchev–Trinajstić information content (AvgIpc) is 2.47. The third kappa shape index (κ3) is 4.95. The van der Waals surface area contributed by atoms with E-state index in [1.807, 2.05) is 0 Å². The first-order chi connectivity index (χ1) is 11.2. The molecule has 8 heteroatoms. The van der Waals surface area contributed by atoms with Gasteiger partial charge in [0.15, 0.2) is 0 Å². The van der Waals surface area contributed by atoms with E-state index >= 15 is 0 Å². The van der Waals surface area contributed by atoms with Gasteiger partial charge in [-0.2, -0.15) is 0 Å². The number of likely N-dealkylation sites (tertiary alicyclic amines) is 1. The number of amides is 1. The van der Waals surface area contributed by atoms with Gasteiger partial charge in [0.2, 0.25) is 10.0 Å². The zero-order valence-electron chi connectivity index (χ0n) is 13.8. The molecule has 1 saturated heterocycles. The lowest BCUT2D eigenvalue weighted by atomic mass is 9.93. The highest BCUT2D eigenvalue weighted by molar-refractivity contribution is 7.92. The molecule has 132 valence electrons. The lowest BCUT2D eigenvalue weighted by Gasteiger charge is -2.31. The predicted octanol–water partition coefficient (Wildman–Crippen LogP) is 1.69. The van der Waals surface area contributed by atoms with Crippen molar-refractivity contribution in [2.24, 2.45) is 5.92 Å². The maximum atomic E-state index is 12.6. The number of carboxylic acids is 1. The van der Waals surface area contributed by atoms with Crippen molar-refractivity contribution in [2.75, 3.05) is 24.1 Å². The molecule has 0 bridgehead atoms. The molecule has 2 rings (SSSR count). The lowest BCUT2D eigenvalue weighted by Crippen LogP contribution is -2.38. The highest BCUT2D eigenvalue weighted by atomic mass is 32.2. The maximum Gasteiger partial charge on any atom is 0.303 e. The van der Waals surface area contributed by atoms with Crippen molar-refractivity contribution in [1.82, 2.24) is 4.90 Å². The molecule has 1 aromatic rings. The van der Waals surface area contributed by atoms with Gasteiger partial charge in [0.05, 0.1) is 11.9 Å². The number of nitrogens with zero attached hydrogens (tertiary/aromatic N) is 1.